The fourth-order valence-electron chi connectivity index (χ4n) is 4.12. The van der Waals surface area contributed by atoms with Gasteiger partial charge in [-0.1, -0.05) is 19.1 Å². The van der Waals surface area contributed by atoms with Gasteiger partial charge in [0.2, 0.25) is 26.6 Å². The third kappa shape index (κ3) is 3.96. The van der Waals surface area contributed by atoms with Crippen LogP contribution in [0.4, 0.5) is 11.6 Å². The van der Waals surface area contributed by atoms with Gasteiger partial charge in [0.25, 0.3) is 5.69 Å². The minimum atomic E-state index is -4.14. The van der Waals surface area contributed by atoms with Crippen molar-refractivity contribution in [3.63, 3.8) is 0 Å². The van der Waals surface area contributed by atoms with Gasteiger partial charge in [-0.15, -0.1) is 0 Å². The minimum absolute atomic E-state index is 0.0224. The number of nitrogens with zero attached hydrogens (tertiary/aromatic N) is 3. The van der Waals surface area contributed by atoms with Crippen LogP contribution >= 0.6 is 0 Å². The highest BCUT2D eigenvalue weighted by molar-refractivity contribution is 7.91. The standard InChI is InChI=1S/C23H23N3O7S/c1-15-8-10-25(11-9-15)23-22(24-21(33-23)17-4-2-3-5-18(17)26(27)28)34(29,30)16-6-7-19-20(14-16)32-13-12-31-19/h2-7,14-15H,8-13H2,1H3. The maximum absolute atomic E-state index is 13.7. The van der Waals surface area contributed by atoms with E-state index in [0.29, 0.717) is 43.7 Å². The molecular formula is C23H23N3O7S. The number of para-hydroxylation sites is 1. The fraction of sp³-hybridized carbons (Fsp3) is 0.348. The van der Waals surface area contributed by atoms with E-state index in [0.717, 1.165) is 12.8 Å². The predicted octanol–water partition coefficient (Wildman–Crippen LogP) is 4.09. The number of piperidine rings is 1. The van der Waals surface area contributed by atoms with Crippen LogP contribution in [0.2, 0.25) is 0 Å². The van der Waals surface area contributed by atoms with Gasteiger partial charge in [0, 0.05) is 25.2 Å². The van der Waals surface area contributed by atoms with Gasteiger partial charge in [-0.25, -0.2) is 8.42 Å². The number of rotatable bonds is 5. The highest BCUT2D eigenvalue weighted by atomic mass is 32.2. The molecule has 1 fully saturated rings. The monoisotopic (exact) mass is 485 g/mol. The molecule has 5 rings (SSSR count). The molecule has 178 valence electrons. The van der Waals surface area contributed by atoms with Crippen LogP contribution in [-0.4, -0.2) is 44.6 Å². The lowest BCUT2D eigenvalue weighted by atomic mass is 9.99. The summed E-state index contributed by atoms with van der Waals surface area (Å²) < 4.78 is 44.5. The number of ether oxygens (including phenoxy) is 2. The normalized spacial score (nSPS) is 16.4. The molecule has 0 amide bonds. The molecule has 1 aromatic heterocycles. The summed E-state index contributed by atoms with van der Waals surface area (Å²) in [7, 11) is -4.14. The smallest absolute Gasteiger partial charge is 0.282 e. The van der Waals surface area contributed by atoms with E-state index in [2.05, 4.69) is 11.9 Å². The lowest BCUT2D eigenvalue weighted by Gasteiger charge is -2.30. The fourth-order valence-corrected chi connectivity index (χ4v) is 5.45. The van der Waals surface area contributed by atoms with Gasteiger partial charge in [-0.3, -0.25) is 10.1 Å². The number of sulfone groups is 1. The van der Waals surface area contributed by atoms with Crippen LogP contribution in [0.25, 0.3) is 11.5 Å². The zero-order valence-electron chi connectivity index (χ0n) is 18.5. The molecule has 3 aromatic rings. The summed E-state index contributed by atoms with van der Waals surface area (Å²) >= 11 is 0. The van der Waals surface area contributed by atoms with Gasteiger partial charge < -0.3 is 18.8 Å². The van der Waals surface area contributed by atoms with Crippen molar-refractivity contribution < 1.29 is 27.2 Å². The third-order valence-corrected chi connectivity index (χ3v) is 7.71. The first-order valence-corrected chi connectivity index (χ1v) is 12.5. The summed E-state index contributed by atoms with van der Waals surface area (Å²) in [5, 5.41) is 11.3. The number of benzene rings is 2. The van der Waals surface area contributed by atoms with Crippen molar-refractivity contribution in [3.05, 3.63) is 52.6 Å². The van der Waals surface area contributed by atoms with Crippen LogP contribution < -0.4 is 14.4 Å². The Morgan fingerprint density at radius 1 is 1.06 bits per heavy atom. The van der Waals surface area contributed by atoms with Crippen LogP contribution in [0.5, 0.6) is 11.5 Å². The van der Waals surface area contributed by atoms with Crippen molar-refractivity contribution >= 4 is 21.4 Å². The Kier molecular flexibility index (Phi) is 5.64. The molecule has 0 unspecified atom stereocenters. The zero-order valence-corrected chi connectivity index (χ0v) is 19.3. The largest absolute Gasteiger partial charge is 0.486 e. The first-order valence-electron chi connectivity index (χ1n) is 11.0. The number of hydrogen-bond donors (Lipinski definition) is 0. The number of nitro groups is 1. The van der Waals surface area contributed by atoms with E-state index in [1.165, 1.54) is 30.3 Å². The summed E-state index contributed by atoms with van der Waals surface area (Å²) in [6.07, 6.45) is 1.73. The second-order valence-corrected chi connectivity index (χ2v) is 10.2. The van der Waals surface area contributed by atoms with Crippen LogP contribution in [0, 0.1) is 16.0 Å². The number of oxazole rings is 1. The Morgan fingerprint density at radius 3 is 2.50 bits per heavy atom. The van der Waals surface area contributed by atoms with E-state index in [9.17, 15) is 18.5 Å². The number of aromatic nitrogens is 1. The Morgan fingerprint density at radius 2 is 1.76 bits per heavy atom. The van der Waals surface area contributed by atoms with E-state index in [4.69, 9.17) is 13.9 Å². The lowest BCUT2D eigenvalue weighted by molar-refractivity contribution is -0.384. The molecule has 0 N–H and O–H groups in total. The maximum atomic E-state index is 13.7. The Hall–Kier alpha value is -3.60. The third-order valence-electron chi connectivity index (χ3n) is 6.06. The summed E-state index contributed by atoms with van der Waals surface area (Å²) in [5.74, 6) is 1.29. The molecule has 34 heavy (non-hydrogen) atoms. The van der Waals surface area contributed by atoms with Gasteiger partial charge in [-0.05, 0) is 37.0 Å². The van der Waals surface area contributed by atoms with Crippen molar-refractivity contribution in [1.82, 2.24) is 4.98 Å². The molecule has 2 aliphatic heterocycles. The highest BCUT2D eigenvalue weighted by Crippen LogP contribution is 2.40. The SMILES string of the molecule is CC1CCN(c2oc(-c3ccccc3[N+](=O)[O-])nc2S(=O)(=O)c2ccc3c(c2)OCCO3)CC1. The Balaban J connectivity index is 1.64. The summed E-state index contributed by atoms with van der Waals surface area (Å²) in [6, 6.07) is 10.4. The molecular weight excluding hydrogens is 462 g/mol. The van der Waals surface area contributed by atoms with E-state index in [1.807, 2.05) is 4.90 Å². The van der Waals surface area contributed by atoms with E-state index in [1.54, 1.807) is 12.1 Å². The number of nitro benzene ring substituents is 1. The van der Waals surface area contributed by atoms with Crippen LogP contribution in [0.1, 0.15) is 19.8 Å². The Bertz CT molecular complexity index is 1340. The van der Waals surface area contributed by atoms with Crippen LogP contribution in [-0.2, 0) is 9.84 Å². The summed E-state index contributed by atoms with van der Waals surface area (Å²) in [6.45, 7) is 4.04. The maximum Gasteiger partial charge on any atom is 0.282 e. The number of anilines is 1. The molecule has 11 heteroatoms. The molecule has 0 spiro atoms. The number of hydrogen-bond acceptors (Lipinski definition) is 9. The second-order valence-electron chi connectivity index (χ2n) is 8.38. The zero-order chi connectivity index (χ0) is 23.9. The first kappa shape index (κ1) is 22.2. The summed E-state index contributed by atoms with van der Waals surface area (Å²) in [5.41, 5.74) is -0.103. The van der Waals surface area contributed by atoms with Crippen molar-refractivity contribution in [2.75, 3.05) is 31.2 Å². The van der Waals surface area contributed by atoms with Crippen molar-refractivity contribution in [2.24, 2.45) is 5.92 Å². The molecule has 2 aromatic carbocycles. The van der Waals surface area contributed by atoms with E-state index in [-0.39, 0.29) is 32.9 Å². The molecule has 0 bridgehead atoms. The van der Waals surface area contributed by atoms with E-state index < -0.39 is 14.8 Å². The Labute approximate surface area is 196 Å². The molecule has 10 nitrogen and oxygen atoms in total. The molecule has 0 aliphatic carbocycles. The van der Waals surface area contributed by atoms with Gasteiger partial charge in [0.15, 0.2) is 11.5 Å². The van der Waals surface area contributed by atoms with Crippen molar-refractivity contribution in [3.8, 4) is 23.0 Å². The average molecular weight is 486 g/mol. The molecule has 0 saturated carbocycles. The van der Waals surface area contributed by atoms with Crippen LogP contribution in [0.3, 0.4) is 0 Å². The minimum Gasteiger partial charge on any atom is -0.486 e. The topological polar surface area (TPSA) is 125 Å². The highest BCUT2D eigenvalue weighted by Gasteiger charge is 2.34. The van der Waals surface area contributed by atoms with Crippen molar-refractivity contribution in [2.45, 2.75) is 29.7 Å². The number of fused-ring (bicyclic) bond motifs is 1. The molecule has 3 heterocycles. The van der Waals surface area contributed by atoms with Crippen LogP contribution in [0.15, 0.2) is 56.8 Å². The van der Waals surface area contributed by atoms with Gasteiger partial charge in [0.05, 0.1) is 9.82 Å². The molecule has 0 radical (unpaired) electrons. The van der Waals surface area contributed by atoms with E-state index >= 15 is 0 Å². The average Bonchev–Trinajstić information content (AvgIpc) is 3.30. The summed E-state index contributed by atoms with van der Waals surface area (Å²) in [4.78, 5) is 17.1. The molecule has 0 atom stereocenters. The molecule has 1 saturated heterocycles. The lowest BCUT2D eigenvalue weighted by Crippen LogP contribution is -2.33. The quantitative estimate of drug-likeness (QED) is 0.388. The van der Waals surface area contributed by atoms with Gasteiger partial charge in [-0.2, -0.15) is 4.98 Å². The molecule has 2 aliphatic rings. The first-order chi connectivity index (χ1) is 16.3. The van der Waals surface area contributed by atoms with Gasteiger partial charge >= 0.3 is 0 Å². The second kappa shape index (κ2) is 8.64. The van der Waals surface area contributed by atoms with Crippen molar-refractivity contribution in [1.29, 1.82) is 0 Å². The predicted molar refractivity (Wildman–Crippen MR) is 122 cm³/mol. The van der Waals surface area contributed by atoms with Gasteiger partial charge in [0.1, 0.15) is 18.8 Å².